The number of hydrogen-bond acceptors (Lipinski definition) is 2. The van der Waals surface area contributed by atoms with Gasteiger partial charge in [0.25, 0.3) is 0 Å². The summed E-state index contributed by atoms with van der Waals surface area (Å²) >= 11 is 0. The van der Waals surface area contributed by atoms with Crippen LogP contribution in [0.3, 0.4) is 0 Å². The number of likely N-dealkylation sites (tertiary alicyclic amines) is 1. The average Bonchev–Trinajstić information content (AvgIpc) is 2.15. The molecular weight excluding hydrogens is 176 g/mol. The predicted octanol–water partition coefficient (Wildman–Crippen LogP) is 1.02. The van der Waals surface area contributed by atoms with Crippen molar-refractivity contribution in [2.75, 3.05) is 26.2 Å². The zero-order valence-electron chi connectivity index (χ0n) is 8.96. The Balaban J connectivity index is 2.21. The smallest absolute Gasteiger partial charge is 0.234 e. The number of rotatable bonds is 4. The largest absolute Gasteiger partial charge is 0.352 e. The van der Waals surface area contributed by atoms with Crippen LogP contribution in [0.5, 0.6) is 0 Å². The first-order chi connectivity index (χ1) is 6.72. The number of carbonyl (C=O) groups is 1. The molecule has 0 aromatic carbocycles. The molecule has 1 heterocycles. The highest BCUT2D eigenvalue weighted by molar-refractivity contribution is 5.78. The van der Waals surface area contributed by atoms with E-state index in [9.17, 15) is 4.79 Å². The Morgan fingerprint density at radius 2 is 2.50 bits per heavy atom. The molecule has 1 fully saturated rings. The Labute approximate surface area is 86.2 Å². The van der Waals surface area contributed by atoms with Gasteiger partial charge in [0.2, 0.25) is 5.91 Å². The lowest BCUT2D eigenvalue weighted by molar-refractivity contribution is -0.122. The number of amides is 1. The molecule has 1 unspecified atom stereocenters. The maximum atomic E-state index is 11.4. The van der Waals surface area contributed by atoms with Crippen molar-refractivity contribution in [3.63, 3.8) is 0 Å². The van der Waals surface area contributed by atoms with Gasteiger partial charge >= 0.3 is 0 Å². The third-order valence-electron chi connectivity index (χ3n) is 2.55. The number of piperidine rings is 1. The van der Waals surface area contributed by atoms with Crippen LogP contribution < -0.4 is 5.32 Å². The first kappa shape index (κ1) is 11.2. The van der Waals surface area contributed by atoms with E-state index in [2.05, 4.69) is 23.7 Å². The van der Waals surface area contributed by atoms with Gasteiger partial charge in [0, 0.05) is 13.1 Å². The highest BCUT2D eigenvalue weighted by Gasteiger charge is 2.17. The Bertz CT molecular complexity index is 203. The van der Waals surface area contributed by atoms with E-state index in [-0.39, 0.29) is 5.91 Å². The molecule has 0 saturated carbocycles. The second kappa shape index (κ2) is 5.81. The standard InChI is InChI=1S/C11H20N2O/c1-3-6-12-11(14)9-13-7-4-5-10(2)8-13/h3,10H,1,4-9H2,2H3,(H,12,14). The van der Waals surface area contributed by atoms with Crippen LogP contribution in [0.4, 0.5) is 0 Å². The molecule has 14 heavy (non-hydrogen) atoms. The summed E-state index contributed by atoms with van der Waals surface area (Å²) in [5, 5.41) is 2.80. The van der Waals surface area contributed by atoms with Crippen molar-refractivity contribution in [2.24, 2.45) is 5.92 Å². The van der Waals surface area contributed by atoms with Crippen LogP contribution in [-0.4, -0.2) is 37.0 Å². The summed E-state index contributed by atoms with van der Waals surface area (Å²) in [5.74, 6) is 0.843. The number of nitrogens with one attached hydrogen (secondary N) is 1. The molecule has 0 aliphatic carbocycles. The summed E-state index contributed by atoms with van der Waals surface area (Å²) in [4.78, 5) is 13.6. The van der Waals surface area contributed by atoms with Crippen molar-refractivity contribution in [3.8, 4) is 0 Å². The summed E-state index contributed by atoms with van der Waals surface area (Å²) < 4.78 is 0. The first-order valence-electron chi connectivity index (χ1n) is 5.32. The van der Waals surface area contributed by atoms with Gasteiger partial charge in [0.15, 0.2) is 0 Å². The van der Waals surface area contributed by atoms with Crippen LogP contribution in [0.1, 0.15) is 19.8 Å². The van der Waals surface area contributed by atoms with E-state index in [1.165, 1.54) is 12.8 Å². The first-order valence-corrected chi connectivity index (χ1v) is 5.32. The summed E-state index contributed by atoms with van der Waals surface area (Å²) in [5.41, 5.74) is 0. The molecule has 0 aromatic rings. The second-order valence-electron chi connectivity index (χ2n) is 4.08. The fraction of sp³-hybridized carbons (Fsp3) is 0.727. The van der Waals surface area contributed by atoms with Crippen LogP contribution in [0.2, 0.25) is 0 Å². The molecule has 0 radical (unpaired) electrons. The molecular formula is C11H20N2O. The van der Waals surface area contributed by atoms with E-state index in [0.717, 1.165) is 19.0 Å². The van der Waals surface area contributed by atoms with Crippen LogP contribution in [0.25, 0.3) is 0 Å². The number of hydrogen-bond donors (Lipinski definition) is 1. The predicted molar refractivity (Wildman–Crippen MR) is 58.0 cm³/mol. The van der Waals surface area contributed by atoms with Gasteiger partial charge in [-0.15, -0.1) is 6.58 Å². The molecule has 1 rings (SSSR count). The van der Waals surface area contributed by atoms with Gasteiger partial charge in [0.05, 0.1) is 6.54 Å². The number of carbonyl (C=O) groups excluding carboxylic acids is 1. The lowest BCUT2D eigenvalue weighted by Gasteiger charge is -2.30. The summed E-state index contributed by atoms with van der Waals surface area (Å²) in [7, 11) is 0. The zero-order valence-corrected chi connectivity index (χ0v) is 8.96. The Morgan fingerprint density at radius 3 is 3.14 bits per heavy atom. The molecule has 3 heteroatoms. The van der Waals surface area contributed by atoms with Gasteiger partial charge in [-0.05, 0) is 25.3 Å². The highest BCUT2D eigenvalue weighted by atomic mass is 16.2. The van der Waals surface area contributed by atoms with Crippen molar-refractivity contribution in [2.45, 2.75) is 19.8 Å². The van der Waals surface area contributed by atoms with E-state index in [0.29, 0.717) is 13.1 Å². The summed E-state index contributed by atoms with van der Waals surface area (Å²) in [6, 6.07) is 0. The lowest BCUT2D eigenvalue weighted by atomic mass is 10.0. The third-order valence-corrected chi connectivity index (χ3v) is 2.55. The average molecular weight is 196 g/mol. The maximum absolute atomic E-state index is 11.4. The number of nitrogens with zero attached hydrogens (tertiary/aromatic N) is 1. The van der Waals surface area contributed by atoms with Gasteiger partial charge < -0.3 is 5.32 Å². The Kier molecular flexibility index (Phi) is 4.66. The highest BCUT2D eigenvalue weighted by Crippen LogP contribution is 2.14. The Hall–Kier alpha value is -0.830. The molecule has 0 spiro atoms. The van der Waals surface area contributed by atoms with E-state index in [1.54, 1.807) is 6.08 Å². The third kappa shape index (κ3) is 3.92. The van der Waals surface area contributed by atoms with Gasteiger partial charge in [-0.25, -0.2) is 0 Å². The van der Waals surface area contributed by atoms with Gasteiger partial charge in [0.1, 0.15) is 0 Å². The van der Waals surface area contributed by atoms with Crippen molar-refractivity contribution < 1.29 is 4.79 Å². The van der Waals surface area contributed by atoms with Gasteiger partial charge in [-0.2, -0.15) is 0 Å². The quantitative estimate of drug-likeness (QED) is 0.681. The molecule has 1 aliphatic heterocycles. The van der Waals surface area contributed by atoms with E-state index >= 15 is 0 Å². The molecule has 80 valence electrons. The van der Waals surface area contributed by atoms with Crippen LogP contribution in [0, 0.1) is 5.92 Å². The van der Waals surface area contributed by atoms with Crippen LogP contribution in [-0.2, 0) is 4.79 Å². The molecule has 0 aromatic heterocycles. The van der Waals surface area contributed by atoms with E-state index in [4.69, 9.17) is 0 Å². The minimum atomic E-state index is 0.110. The molecule has 1 saturated heterocycles. The normalized spacial score (nSPS) is 23.1. The zero-order chi connectivity index (χ0) is 10.4. The van der Waals surface area contributed by atoms with E-state index in [1.807, 2.05) is 0 Å². The summed E-state index contributed by atoms with van der Waals surface area (Å²) in [6.07, 6.45) is 4.22. The second-order valence-corrected chi connectivity index (χ2v) is 4.08. The van der Waals surface area contributed by atoms with Gasteiger partial charge in [-0.1, -0.05) is 13.0 Å². The van der Waals surface area contributed by atoms with Crippen molar-refractivity contribution in [3.05, 3.63) is 12.7 Å². The van der Waals surface area contributed by atoms with E-state index < -0.39 is 0 Å². The molecule has 3 nitrogen and oxygen atoms in total. The monoisotopic (exact) mass is 196 g/mol. The topological polar surface area (TPSA) is 32.3 Å². The maximum Gasteiger partial charge on any atom is 0.234 e. The van der Waals surface area contributed by atoms with Crippen molar-refractivity contribution in [1.82, 2.24) is 10.2 Å². The fourth-order valence-electron chi connectivity index (χ4n) is 1.88. The minimum Gasteiger partial charge on any atom is -0.352 e. The molecule has 1 amide bonds. The molecule has 1 atom stereocenters. The minimum absolute atomic E-state index is 0.110. The van der Waals surface area contributed by atoms with Crippen molar-refractivity contribution >= 4 is 5.91 Å². The van der Waals surface area contributed by atoms with Crippen molar-refractivity contribution in [1.29, 1.82) is 0 Å². The molecule has 0 bridgehead atoms. The van der Waals surface area contributed by atoms with Crippen LogP contribution >= 0.6 is 0 Å². The van der Waals surface area contributed by atoms with Gasteiger partial charge in [-0.3, -0.25) is 9.69 Å². The van der Waals surface area contributed by atoms with Crippen LogP contribution in [0.15, 0.2) is 12.7 Å². The SMILES string of the molecule is C=CCNC(=O)CN1CCCC(C)C1. The fourth-order valence-corrected chi connectivity index (χ4v) is 1.88. The molecule has 1 aliphatic rings. The molecule has 1 N–H and O–H groups in total. The summed E-state index contributed by atoms with van der Waals surface area (Å²) in [6.45, 7) is 9.04. The Morgan fingerprint density at radius 1 is 1.71 bits per heavy atom. The lowest BCUT2D eigenvalue weighted by Crippen LogP contribution is -2.42.